The van der Waals surface area contributed by atoms with Gasteiger partial charge in [0.1, 0.15) is 0 Å². The first-order valence-electron chi connectivity index (χ1n) is 10.6. The summed E-state index contributed by atoms with van der Waals surface area (Å²) in [6.07, 6.45) is 14.3. The molecule has 1 aromatic carbocycles. The van der Waals surface area contributed by atoms with Gasteiger partial charge in [0.2, 0.25) is 0 Å². The van der Waals surface area contributed by atoms with Crippen LogP contribution in [0, 0.1) is 11.8 Å². The molecule has 3 fully saturated rings. The minimum absolute atomic E-state index is 0.444. The molecule has 1 radical (unpaired) electrons. The molecule has 2 heterocycles. The van der Waals surface area contributed by atoms with Gasteiger partial charge in [-0.25, -0.2) is 0 Å². The van der Waals surface area contributed by atoms with Gasteiger partial charge >= 0.3 is 0 Å². The van der Waals surface area contributed by atoms with Crippen molar-refractivity contribution in [2.24, 2.45) is 11.8 Å². The molecule has 2 aliphatic heterocycles. The monoisotopic (exact) mass is 352 g/mol. The maximum Gasteiger partial charge on any atom is 0.0830 e. The summed E-state index contributed by atoms with van der Waals surface area (Å²) >= 11 is 0. The number of allylic oxidation sites excluding steroid dienone is 1. The van der Waals surface area contributed by atoms with E-state index in [-0.39, 0.29) is 0 Å². The molecule has 2 atom stereocenters. The summed E-state index contributed by atoms with van der Waals surface area (Å²) in [5.41, 5.74) is 1.86. The average Bonchev–Trinajstić information content (AvgIpc) is 3.14. The number of hydrogen-bond acceptors (Lipinski definition) is 1. The molecule has 1 nitrogen and oxygen atoms in total. The lowest BCUT2D eigenvalue weighted by molar-refractivity contribution is 0.181. The second-order valence-corrected chi connectivity index (χ2v) is 11.1. The van der Waals surface area contributed by atoms with Crippen molar-refractivity contribution in [3.63, 3.8) is 0 Å². The van der Waals surface area contributed by atoms with Crippen LogP contribution in [0.5, 0.6) is 0 Å². The molecule has 2 saturated heterocycles. The molecule has 0 spiro atoms. The van der Waals surface area contributed by atoms with E-state index in [1.54, 1.807) is 5.19 Å². The smallest absolute Gasteiger partial charge is 0.0830 e. The minimum Gasteiger partial charge on any atom is -0.299 e. The van der Waals surface area contributed by atoms with Gasteiger partial charge in [0.15, 0.2) is 0 Å². The molecule has 1 saturated carbocycles. The summed E-state index contributed by atoms with van der Waals surface area (Å²) < 4.78 is 0. The fraction of sp³-hybridized carbons (Fsp3) is 0.652. The number of hydrogen-bond donors (Lipinski definition) is 0. The lowest BCUT2D eigenvalue weighted by Crippen LogP contribution is -2.44. The molecular formula is C23H34NSi. The highest BCUT2D eigenvalue weighted by atomic mass is 28.3. The van der Waals surface area contributed by atoms with Crippen molar-refractivity contribution in [1.29, 1.82) is 0 Å². The molecule has 0 amide bonds. The highest BCUT2D eigenvalue weighted by Gasteiger charge is 2.38. The molecule has 4 rings (SSSR count). The third kappa shape index (κ3) is 4.11. The van der Waals surface area contributed by atoms with Crippen LogP contribution in [-0.4, -0.2) is 32.8 Å². The summed E-state index contributed by atoms with van der Waals surface area (Å²) in [6.45, 7) is 5.23. The van der Waals surface area contributed by atoms with Crippen LogP contribution in [0.2, 0.25) is 12.6 Å². The van der Waals surface area contributed by atoms with Crippen molar-refractivity contribution < 1.29 is 0 Å². The van der Waals surface area contributed by atoms with Gasteiger partial charge in [0, 0.05) is 12.6 Å². The van der Waals surface area contributed by atoms with E-state index in [1.807, 2.05) is 5.57 Å². The second kappa shape index (κ2) is 8.22. The van der Waals surface area contributed by atoms with Crippen LogP contribution in [0.1, 0.15) is 51.4 Å². The van der Waals surface area contributed by atoms with Crippen molar-refractivity contribution in [2.75, 3.05) is 13.1 Å². The maximum absolute atomic E-state index is 2.82. The van der Waals surface area contributed by atoms with Crippen LogP contribution in [-0.2, 0) is 0 Å². The van der Waals surface area contributed by atoms with Crippen molar-refractivity contribution >= 4 is 14.0 Å². The van der Waals surface area contributed by atoms with E-state index >= 15 is 0 Å². The highest BCUT2D eigenvalue weighted by Crippen LogP contribution is 2.39. The van der Waals surface area contributed by atoms with Crippen molar-refractivity contribution in [1.82, 2.24) is 4.90 Å². The van der Waals surface area contributed by atoms with Crippen molar-refractivity contribution in [3.8, 4) is 0 Å². The molecule has 3 aliphatic rings. The largest absolute Gasteiger partial charge is 0.299 e. The second-order valence-electron chi connectivity index (χ2n) is 8.59. The molecule has 135 valence electrons. The van der Waals surface area contributed by atoms with Crippen LogP contribution in [0.3, 0.4) is 0 Å². The highest BCUT2D eigenvalue weighted by molar-refractivity contribution is 6.72. The molecule has 25 heavy (non-hydrogen) atoms. The third-order valence-corrected chi connectivity index (χ3v) is 9.31. The van der Waals surface area contributed by atoms with E-state index in [4.69, 9.17) is 0 Å². The first-order chi connectivity index (χ1) is 12.3. The lowest BCUT2D eigenvalue weighted by Gasteiger charge is -2.40. The third-order valence-electron chi connectivity index (χ3n) is 6.93. The Morgan fingerprint density at radius 2 is 1.80 bits per heavy atom. The van der Waals surface area contributed by atoms with Gasteiger partial charge in [-0.15, -0.1) is 0 Å². The van der Waals surface area contributed by atoms with E-state index < -0.39 is 8.80 Å². The van der Waals surface area contributed by atoms with Crippen molar-refractivity contribution in [3.05, 3.63) is 42.0 Å². The SMILES string of the molecule is C[Si](C[C@@H]1/C(=C/C2CCCCC2)CCN2CCC[C@@H]12)c1ccccc1. The summed E-state index contributed by atoms with van der Waals surface area (Å²) in [5, 5.41) is 1.62. The molecule has 0 aromatic heterocycles. The van der Waals surface area contributed by atoms with E-state index in [2.05, 4.69) is 47.9 Å². The maximum atomic E-state index is 2.82. The first kappa shape index (κ1) is 17.5. The molecule has 1 aliphatic carbocycles. The summed E-state index contributed by atoms with van der Waals surface area (Å²) in [4.78, 5) is 2.82. The zero-order valence-corrected chi connectivity index (χ0v) is 16.9. The predicted molar refractivity (Wildman–Crippen MR) is 110 cm³/mol. The van der Waals surface area contributed by atoms with Gasteiger partial charge < -0.3 is 0 Å². The molecular weight excluding hydrogens is 318 g/mol. The molecule has 0 unspecified atom stereocenters. The van der Waals surface area contributed by atoms with Gasteiger partial charge in [-0.3, -0.25) is 4.90 Å². The number of benzene rings is 1. The van der Waals surface area contributed by atoms with E-state index in [0.29, 0.717) is 0 Å². The Balaban J connectivity index is 1.53. The molecule has 2 heteroatoms. The van der Waals surface area contributed by atoms with Gasteiger partial charge in [0.25, 0.3) is 0 Å². The van der Waals surface area contributed by atoms with Gasteiger partial charge in [-0.05, 0) is 56.5 Å². The Labute approximate surface area is 156 Å². The zero-order chi connectivity index (χ0) is 17.1. The van der Waals surface area contributed by atoms with E-state index in [9.17, 15) is 0 Å². The van der Waals surface area contributed by atoms with Gasteiger partial charge in [-0.2, -0.15) is 0 Å². The molecule has 1 aromatic rings. The van der Waals surface area contributed by atoms with Crippen molar-refractivity contribution in [2.45, 2.75) is 70.0 Å². The van der Waals surface area contributed by atoms with Crippen LogP contribution >= 0.6 is 0 Å². The fourth-order valence-electron chi connectivity index (χ4n) is 5.54. The fourth-order valence-corrected chi connectivity index (χ4v) is 7.73. The zero-order valence-electron chi connectivity index (χ0n) is 15.9. The van der Waals surface area contributed by atoms with Gasteiger partial charge in [-0.1, -0.05) is 73.0 Å². The number of piperidine rings is 1. The number of nitrogens with zero attached hydrogens (tertiary/aromatic N) is 1. The minimum atomic E-state index is -0.444. The predicted octanol–water partition coefficient (Wildman–Crippen LogP) is 5.01. The van der Waals surface area contributed by atoms with Crippen LogP contribution in [0.25, 0.3) is 0 Å². The summed E-state index contributed by atoms with van der Waals surface area (Å²) in [5.74, 6) is 1.74. The Morgan fingerprint density at radius 1 is 1.00 bits per heavy atom. The average molecular weight is 353 g/mol. The Bertz CT molecular complexity index is 575. The Hall–Kier alpha value is -0.863. The Morgan fingerprint density at radius 3 is 2.60 bits per heavy atom. The van der Waals surface area contributed by atoms with Gasteiger partial charge in [0.05, 0.1) is 8.80 Å². The normalized spacial score (nSPS) is 30.1. The number of fused-ring (bicyclic) bond motifs is 1. The van der Waals surface area contributed by atoms with E-state index in [1.165, 1.54) is 70.5 Å². The van der Waals surface area contributed by atoms with Crippen LogP contribution in [0.15, 0.2) is 42.0 Å². The summed E-state index contributed by atoms with van der Waals surface area (Å²) in [6, 6.07) is 13.6. The quantitative estimate of drug-likeness (QED) is 0.544. The topological polar surface area (TPSA) is 3.24 Å². The first-order valence-corrected chi connectivity index (χ1v) is 12.8. The lowest BCUT2D eigenvalue weighted by atomic mass is 9.81. The summed E-state index contributed by atoms with van der Waals surface area (Å²) in [7, 11) is -0.444. The standard InChI is InChI=1S/C23H34NSi/c1-25(21-11-6-3-7-12-21)18-22-20(17-19-9-4-2-5-10-19)14-16-24-15-8-13-23(22)24/h3,6-7,11-12,17,19,22-23H,2,4-5,8-10,13-16,18H2,1H3/b20-17+/t22-,23+/m1/s1. The molecule has 0 N–H and O–H groups in total. The molecule has 0 bridgehead atoms. The van der Waals surface area contributed by atoms with Crippen LogP contribution in [0.4, 0.5) is 0 Å². The Kier molecular flexibility index (Phi) is 5.77. The van der Waals surface area contributed by atoms with Crippen LogP contribution < -0.4 is 5.19 Å². The number of rotatable bonds is 4. The van der Waals surface area contributed by atoms with E-state index in [0.717, 1.165) is 17.9 Å².